The fourth-order valence-corrected chi connectivity index (χ4v) is 16.2. The fourth-order valence-electron chi connectivity index (χ4n) is 16.2. The standard InChI is InChI=1S/C52H34N2.C46H30N2/c1-3-11-35(12-4-1)37-23-27-43(28-24-37)53-47-17-9-7-15-45(47)51-49(53)31-32-50-52(51)46-16-8-10-18-48(46)54(50)44-29-25-38(26-30-44)40-20-22-41-33-39(19-21-42(41)34-40)36-13-5-2-6-14-36;1-3-11-31(12-4-1)32-19-21-33(22-20-32)34-23-24-36-30-38(26-25-35(36)29-34)48-42-18-10-8-16-40(42)46-44(48)28-27-43-45(46)39-15-7-9-17-41(39)47(43)37-13-5-2-6-14-37/h1-34H;1-30H. The van der Waals surface area contributed by atoms with Gasteiger partial charge in [-0.05, 0) is 192 Å². The van der Waals surface area contributed by atoms with E-state index >= 15 is 0 Å². The molecule has 4 heteroatoms. The van der Waals surface area contributed by atoms with Crippen molar-refractivity contribution in [3.05, 3.63) is 388 Å². The quantitative estimate of drug-likeness (QED) is 0.137. The summed E-state index contributed by atoms with van der Waals surface area (Å²) in [5, 5.41) is 15.2. The molecule has 21 aromatic rings. The molecule has 0 fully saturated rings. The summed E-state index contributed by atoms with van der Waals surface area (Å²) in [6, 6.07) is 141. The molecule has 0 saturated carbocycles. The third-order valence-corrected chi connectivity index (χ3v) is 21.0. The maximum Gasteiger partial charge on any atom is 0.0548 e. The van der Waals surface area contributed by atoms with E-state index in [9.17, 15) is 0 Å². The van der Waals surface area contributed by atoms with Crippen molar-refractivity contribution in [3.63, 3.8) is 0 Å². The third kappa shape index (κ3) is 9.75. The van der Waals surface area contributed by atoms with E-state index in [4.69, 9.17) is 0 Å². The first-order chi connectivity index (χ1) is 50.6. The van der Waals surface area contributed by atoms with Crippen LogP contribution in [0, 0.1) is 0 Å². The van der Waals surface area contributed by atoms with Gasteiger partial charge in [-0.25, -0.2) is 0 Å². The van der Waals surface area contributed by atoms with Gasteiger partial charge in [0.2, 0.25) is 0 Å². The van der Waals surface area contributed by atoms with Crippen molar-refractivity contribution < 1.29 is 0 Å². The van der Waals surface area contributed by atoms with Crippen molar-refractivity contribution in [3.8, 4) is 78.4 Å². The van der Waals surface area contributed by atoms with Gasteiger partial charge in [0, 0.05) is 65.8 Å². The Labute approximate surface area is 590 Å². The number of aromatic nitrogens is 4. The lowest BCUT2D eigenvalue weighted by molar-refractivity contribution is 1.17. The molecule has 21 rings (SSSR count). The lowest BCUT2D eigenvalue weighted by Gasteiger charge is -2.11. The molecule has 0 aliphatic carbocycles. The predicted molar refractivity (Wildman–Crippen MR) is 432 cm³/mol. The van der Waals surface area contributed by atoms with E-state index in [-0.39, 0.29) is 0 Å². The summed E-state index contributed by atoms with van der Waals surface area (Å²) in [6.07, 6.45) is 0. The van der Waals surface area contributed by atoms with Crippen LogP contribution in [0.25, 0.3) is 187 Å². The minimum Gasteiger partial charge on any atom is -0.309 e. The van der Waals surface area contributed by atoms with Gasteiger partial charge < -0.3 is 18.3 Å². The molecule has 0 bridgehead atoms. The summed E-state index contributed by atoms with van der Waals surface area (Å²) in [5.74, 6) is 0. The molecule has 0 aliphatic heterocycles. The zero-order valence-electron chi connectivity index (χ0n) is 55.7. The van der Waals surface area contributed by atoms with Crippen LogP contribution in [0.2, 0.25) is 0 Å². The first kappa shape index (κ1) is 58.6. The summed E-state index contributed by atoms with van der Waals surface area (Å²) in [4.78, 5) is 0. The smallest absolute Gasteiger partial charge is 0.0548 e. The molecule has 0 spiro atoms. The van der Waals surface area contributed by atoms with E-state index < -0.39 is 0 Å². The zero-order valence-corrected chi connectivity index (χ0v) is 55.7. The van der Waals surface area contributed by atoms with Crippen molar-refractivity contribution in [1.29, 1.82) is 0 Å². The molecule has 102 heavy (non-hydrogen) atoms. The van der Waals surface area contributed by atoms with Gasteiger partial charge in [0.05, 0.1) is 44.1 Å². The Morgan fingerprint density at radius 2 is 0.343 bits per heavy atom. The first-order valence-electron chi connectivity index (χ1n) is 35.1. The number of hydrogen-bond acceptors (Lipinski definition) is 0. The van der Waals surface area contributed by atoms with Crippen LogP contribution in [-0.4, -0.2) is 18.3 Å². The van der Waals surface area contributed by atoms with E-state index in [1.165, 1.54) is 176 Å². The molecule has 4 nitrogen and oxygen atoms in total. The summed E-state index contributed by atoms with van der Waals surface area (Å²) in [6.45, 7) is 0. The monoisotopic (exact) mass is 1300 g/mol. The maximum atomic E-state index is 2.44. The Bertz CT molecular complexity index is 6800. The second-order valence-electron chi connectivity index (χ2n) is 26.7. The molecule has 0 aliphatic rings. The topological polar surface area (TPSA) is 19.7 Å². The summed E-state index contributed by atoms with van der Waals surface area (Å²) >= 11 is 0. The molecule has 476 valence electrons. The molecule has 0 atom stereocenters. The van der Waals surface area contributed by atoms with Crippen molar-refractivity contribution >= 4 is 109 Å². The second-order valence-corrected chi connectivity index (χ2v) is 26.7. The van der Waals surface area contributed by atoms with Gasteiger partial charge in [0.15, 0.2) is 0 Å². The summed E-state index contributed by atoms with van der Waals surface area (Å²) < 4.78 is 9.69. The highest BCUT2D eigenvalue weighted by Crippen LogP contribution is 2.46. The highest BCUT2D eigenvalue weighted by Gasteiger charge is 2.23. The van der Waals surface area contributed by atoms with Gasteiger partial charge in [-0.1, -0.05) is 273 Å². The zero-order chi connectivity index (χ0) is 67.2. The minimum absolute atomic E-state index is 1.15. The Balaban J connectivity index is 0.000000138. The number of para-hydroxylation sites is 5. The Hall–Kier alpha value is -13.5. The Kier molecular flexibility index (Phi) is 13.9. The lowest BCUT2D eigenvalue weighted by Crippen LogP contribution is -1.95. The van der Waals surface area contributed by atoms with Crippen LogP contribution in [0.1, 0.15) is 0 Å². The number of fused-ring (bicyclic) bond motifs is 16. The third-order valence-electron chi connectivity index (χ3n) is 21.0. The van der Waals surface area contributed by atoms with Crippen molar-refractivity contribution in [2.75, 3.05) is 0 Å². The highest BCUT2D eigenvalue weighted by molar-refractivity contribution is 6.30. The van der Waals surface area contributed by atoms with Crippen LogP contribution in [0.3, 0.4) is 0 Å². The van der Waals surface area contributed by atoms with E-state index in [0.717, 1.165) is 11.4 Å². The maximum absolute atomic E-state index is 2.44. The van der Waals surface area contributed by atoms with Crippen LogP contribution in [-0.2, 0) is 0 Å². The summed E-state index contributed by atoms with van der Waals surface area (Å²) in [7, 11) is 0. The molecule has 0 N–H and O–H groups in total. The van der Waals surface area contributed by atoms with Crippen LogP contribution >= 0.6 is 0 Å². The number of rotatable bonds is 9. The van der Waals surface area contributed by atoms with Gasteiger partial charge >= 0.3 is 0 Å². The van der Waals surface area contributed by atoms with Gasteiger partial charge in [-0.15, -0.1) is 0 Å². The second kappa shape index (κ2) is 24.2. The fraction of sp³-hybridized carbons (Fsp3) is 0. The lowest BCUT2D eigenvalue weighted by atomic mass is 9.97. The van der Waals surface area contributed by atoms with Crippen LogP contribution in [0.5, 0.6) is 0 Å². The van der Waals surface area contributed by atoms with Crippen LogP contribution in [0.4, 0.5) is 0 Å². The van der Waals surface area contributed by atoms with Crippen molar-refractivity contribution in [1.82, 2.24) is 18.3 Å². The molecular weight excluding hydrogens is 1230 g/mol. The van der Waals surface area contributed by atoms with E-state index in [1.807, 2.05) is 0 Å². The normalized spacial score (nSPS) is 11.7. The average molecular weight is 1300 g/mol. The van der Waals surface area contributed by atoms with Crippen molar-refractivity contribution in [2.45, 2.75) is 0 Å². The average Bonchev–Trinajstić information content (AvgIpc) is 1.55. The minimum atomic E-state index is 1.15. The molecule has 4 aromatic heterocycles. The molecule has 17 aromatic carbocycles. The molecular formula is C98H64N4. The highest BCUT2D eigenvalue weighted by atomic mass is 15.0. The Morgan fingerprint density at radius 3 is 0.686 bits per heavy atom. The molecule has 4 heterocycles. The van der Waals surface area contributed by atoms with Gasteiger partial charge in [0.25, 0.3) is 0 Å². The van der Waals surface area contributed by atoms with Crippen LogP contribution in [0.15, 0.2) is 388 Å². The number of nitrogens with zero attached hydrogens (tertiary/aromatic N) is 4. The Morgan fingerprint density at radius 1 is 0.127 bits per heavy atom. The number of hydrogen-bond donors (Lipinski definition) is 0. The van der Waals surface area contributed by atoms with Gasteiger partial charge in [-0.3, -0.25) is 0 Å². The van der Waals surface area contributed by atoms with E-state index in [0.29, 0.717) is 0 Å². The largest absolute Gasteiger partial charge is 0.309 e. The SMILES string of the molecule is c1ccc(-c2ccc(-c3ccc4cc(-n5c6ccccc6c6c7c8ccccc8n(-c8ccccc8)c7ccc65)ccc4c3)cc2)cc1.c1ccc(-c2ccc(-n3c4ccccc4c4c5c6ccccc6n(-c6ccc(-c7ccc8cc(-c9ccccc9)ccc8c7)cc6)c5ccc43)cc2)cc1. The van der Waals surface area contributed by atoms with Crippen LogP contribution < -0.4 is 0 Å². The predicted octanol–water partition coefficient (Wildman–Crippen LogP) is 26.4. The van der Waals surface area contributed by atoms with Gasteiger partial charge in [-0.2, -0.15) is 0 Å². The first-order valence-corrected chi connectivity index (χ1v) is 35.1. The molecule has 0 radical (unpaired) electrons. The number of benzene rings is 17. The summed E-state index contributed by atoms with van der Waals surface area (Å²) in [5.41, 5.74) is 26.6. The van der Waals surface area contributed by atoms with E-state index in [1.54, 1.807) is 0 Å². The molecule has 0 amide bonds. The molecule has 0 unspecified atom stereocenters. The van der Waals surface area contributed by atoms with E-state index in [2.05, 4.69) is 407 Å². The van der Waals surface area contributed by atoms with Gasteiger partial charge in [0.1, 0.15) is 0 Å². The molecule has 0 saturated heterocycles. The van der Waals surface area contributed by atoms with Crippen molar-refractivity contribution in [2.24, 2.45) is 0 Å².